The zero-order valence-corrected chi connectivity index (χ0v) is 10.3. The van der Waals surface area contributed by atoms with Crippen LogP contribution in [0, 0.1) is 27.7 Å². The Kier molecular flexibility index (Phi) is 2.78. The van der Waals surface area contributed by atoms with Crippen molar-refractivity contribution >= 4 is 0 Å². The number of aromatic nitrogens is 1. The van der Waals surface area contributed by atoms with Gasteiger partial charge in [0.15, 0.2) is 0 Å². The Bertz CT molecular complexity index is 507. The lowest BCUT2D eigenvalue weighted by Gasteiger charge is -2.12. The Balaban J connectivity index is 2.72. The van der Waals surface area contributed by atoms with Crippen LogP contribution in [0.2, 0.25) is 0 Å². The molecule has 1 heteroatoms. The molecule has 0 amide bonds. The average molecular weight is 211 g/mol. The molecule has 1 heterocycles. The van der Waals surface area contributed by atoms with Gasteiger partial charge in [0.1, 0.15) is 0 Å². The number of pyridine rings is 1. The zero-order valence-electron chi connectivity index (χ0n) is 10.3. The number of aryl methyl sites for hydroxylation is 4. The van der Waals surface area contributed by atoms with Crippen LogP contribution in [0.15, 0.2) is 30.5 Å². The van der Waals surface area contributed by atoms with Gasteiger partial charge in [0.25, 0.3) is 0 Å². The van der Waals surface area contributed by atoms with Crippen molar-refractivity contribution < 1.29 is 0 Å². The zero-order chi connectivity index (χ0) is 11.7. The summed E-state index contributed by atoms with van der Waals surface area (Å²) in [6.07, 6.45) is 1.95. The van der Waals surface area contributed by atoms with Crippen LogP contribution in [0.5, 0.6) is 0 Å². The summed E-state index contributed by atoms with van der Waals surface area (Å²) in [5, 5.41) is 0. The minimum absolute atomic E-state index is 1.07. The largest absolute Gasteiger partial charge is 0.261 e. The van der Waals surface area contributed by atoms with Crippen molar-refractivity contribution in [1.29, 1.82) is 0 Å². The second-order valence-corrected chi connectivity index (χ2v) is 4.41. The molecule has 1 aromatic heterocycles. The fraction of sp³-hybridized carbons (Fsp3) is 0.267. The van der Waals surface area contributed by atoms with Crippen molar-refractivity contribution in [3.05, 3.63) is 52.8 Å². The fourth-order valence-electron chi connectivity index (χ4n) is 2.14. The van der Waals surface area contributed by atoms with Gasteiger partial charge >= 0.3 is 0 Å². The fourth-order valence-corrected chi connectivity index (χ4v) is 2.14. The first kappa shape index (κ1) is 10.9. The van der Waals surface area contributed by atoms with Crippen LogP contribution in [-0.4, -0.2) is 4.98 Å². The normalized spacial score (nSPS) is 10.5. The van der Waals surface area contributed by atoms with Crippen molar-refractivity contribution in [2.24, 2.45) is 0 Å². The molecular weight excluding hydrogens is 194 g/mol. The van der Waals surface area contributed by atoms with E-state index >= 15 is 0 Å². The van der Waals surface area contributed by atoms with E-state index in [0.29, 0.717) is 0 Å². The Labute approximate surface area is 97.2 Å². The molecule has 0 saturated carbocycles. The monoisotopic (exact) mass is 211 g/mol. The minimum Gasteiger partial charge on any atom is -0.261 e. The molecule has 0 atom stereocenters. The molecule has 0 fully saturated rings. The highest BCUT2D eigenvalue weighted by Crippen LogP contribution is 2.29. The lowest BCUT2D eigenvalue weighted by Crippen LogP contribution is -1.93. The van der Waals surface area contributed by atoms with E-state index < -0.39 is 0 Å². The maximum absolute atomic E-state index is 4.32. The molecule has 0 aliphatic heterocycles. The van der Waals surface area contributed by atoms with Crippen LogP contribution in [-0.2, 0) is 0 Å². The lowest BCUT2D eigenvalue weighted by atomic mass is 9.93. The Morgan fingerprint density at radius 1 is 0.875 bits per heavy atom. The highest BCUT2D eigenvalue weighted by molar-refractivity contribution is 5.73. The van der Waals surface area contributed by atoms with Crippen LogP contribution < -0.4 is 0 Å². The molecule has 0 spiro atoms. The predicted octanol–water partition coefficient (Wildman–Crippen LogP) is 3.98. The highest BCUT2D eigenvalue weighted by Gasteiger charge is 2.08. The summed E-state index contributed by atoms with van der Waals surface area (Å²) >= 11 is 0. The van der Waals surface area contributed by atoms with E-state index in [-0.39, 0.29) is 0 Å². The molecule has 0 saturated heterocycles. The number of hydrogen-bond acceptors (Lipinski definition) is 1. The first-order valence-corrected chi connectivity index (χ1v) is 5.59. The van der Waals surface area contributed by atoms with Gasteiger partial charge in [-0.25, -0.2) is 0 Å². The molecule has 0 radical (unpaired) electrons. The third-order valence-electron chi connectivity index (χ3n) is 2.99. The van der Waals surface area contributed by atoms with Gasteiger partial charge in [0, 0.05) is 11.9 Å². The van der Waals surface area contributed by atoms with Crippen molar-refractivity contribution in [2.45, 2.75) is 27.7 Å². The summed E-state index contributed by atoms with van der Waals surface area (Å²) < 4.78 is 0. The topological polar surface area (TPSA) is 12.9 Å². The third-order valence-corrected chi connectivity index (χ3v) is 2.99. The van der Waals surface area contributed by atoms with Crippen molar-refractivity contribution in [3.8, 4) is 11.1 Å². The predicted molar refractivity (Wildman–Crippen MR) is 68.6 cm³/mol. The van der Waals surface area contributed by atoms with Gasteiger partial charge in [0.05, 0.1) is 0 Å². The van der Waals surface area contributed by atoms with Crippen LogP contribution in [0.4, 0.5) is 0 Å². The van der Waals surface area contributed by atoms with E-state index in [1.165, 1.54) is 27.8 Å². The van der Waals surface area contributed by atoms with Gasteiger partial charge in [-0.2, -0.15) is 0 Å². The Hall–Kier alpha value is -1.63. The van der Waals surface area contributed by atoms with E-state index in [0.717, 1.165) is 5.69 Å². The van der Waals surface area contributed by atoms with Gasteiger partial charge in [0.2, 0.25) is 0 Å². The van der Waals surface area contributed by atoms with Crippen molar-refractivity contribution in [3.63, 3.8) is 0 Å². The van der Waals surface area contributed by atoms with Gasteiger partial charge in [-0.05, 0) is 61.6 Å². The van der Waals surface area contributed by atoms with E-state index in [4.69, 9.17) is 0 Å². The van der Waals surface area contributed by atoms with Crippen molar-refractivity contribution in [1.82, 2.24) is 4.98 Å². The first-order valence-electron chi connectivity index (χ1n) is 5.59. The summed E-state index contributed by atoms with van der Waals surface area (Å²) in [5.74, 6) is 0. The lowest BCUT2D eigenvalue weighted by molar-refractivity contribution is 1.17. The first-order chi connectivity index (χ1) is 7.59. The maximum atomic E-state index is 4.32. The standard InChI is InChI=1S/C15H17N/c1-10-6-5-7-11(2)15(10)14-8-13(4)16-9-12(14)3/h5-9H,1-4H3. The van der Waals surface area contributed by atoms with Gasteiger partial charge < -0.3 is 0 Å². The van der Waals surface area contributed by atoms with Crippen LogP contribution >= 0.6 is 0 Å². The minimum atomic E-state index is 1.07. The summed E-state index contributed by atoms with van der Waals surface area (Å²) in [6.45, 7) is 8.49. The van der Waals surface area contributed by atoms with E-state index in [1.54, 1.807) is 0 Å². The Morgan fingerprint density at radius 3 is 2.12 bits per heavy atom. The SMILES string of the molecule is Cc1cc(-c2c(C)cccc2C)c(C)cn1. The number of nitrogens with zero attached hydrogens (tertiary/aromatic N) is 1. The highest BCUT2D eigenvalue weighted by atomic mass is 14.7. The number of benzene rings is 1. The quantitative estimate of drug-likeness (QED) is 0.695. The van der Waals surface area contributed by atoms with Crippen LogP contribution in [0.3, 0.4) is 0 Å². The molecule has 0 unspecified atom stereocenters. The van der Waals surface area contributed by atoms with Crippen molar-refractivity contribution in [2.75, 3.05) is 0 Å². The Morgan fingerprint density at radius 2 is 1.50 bits per heavy atom. The van der Waals surface area contributed by atoms with Crippen LogP contribution in [0.25, 0.3) is 11.1 Å². The summed E-state index contributed by atoms with van der Waals surface area (Å²) in [5.41, 5.74) is 7.63. The van der Waals surface area contributed by atoms with E-state index in [9.17, 15) is 0 Å². The molecular formula is C15H17N. The second kappa shape index (κ2) is 4.09. The molecule has 2 rings (SSSR count). The van der Waals surface area contributed by atoms with Gasteiger partial charge in [-0.3, -0.25) is 4.98 Å². The van der Waals surface area contributed by atoms with Gasteiger partial charge in [-0.1, -0.05) is 18.2 Å². The molecule has 0 bridgehead atoms. The van der Waals surface area contributed by atoms with Crippen LogP contribution in [0.1, 0.15) is 22.4 Å². The molecule has 0 aliphatic rings. The molecule has 0 N–H and O–H groups in total. The maximum Gasteiger partial charge on any atom is 0.0379 e. The van der Waals surface area contributed by atoms with E-state index in [1.807, 2.05) is 13.1 Å². The summed E-state index contributed by atoms with van der Waals surface area (Å²) in [7, 11) is 0. The summed E-state index contributed by atoms with van der Waals surface area (Å²) in [4.78, 5) is 4.32. The molecule has 2 aromatic rings. The van der Waals surface area contributed by atoms with Gasteiger partial charge in [-0.15, -0.1) is 0 Å². The third kappa shape index (κ3) is 1.85. The average Bonchev–Trinajstić information content (AvgIpc) is 2.23. The summed E-state index contributed by atoms with van der Waals surface area (Å²) in [6, 6.07) is 8.61. The van der Waals surface area contributed by atoms with E-state index in [2.05, 4.69) is 50.0 Å². The molecule has 82 valence electrons. The number of rotatable bonds is 1. The number of hydrogen-bond donors (Lipinski definition) is 0. The smallest absolute Gasteiger partial charge is 0.0379 e. The molecule has 0 aliphatic carbocycles. The molecule has 16 heavy (non-hydrogen) atoms. The second-order valence-electron chi connectivity index (χ2n) is 4.41. The molecule has 1 nitrogen and oxygen atoms in total. The molecule has 1 aromatic carbocycles.